The molecule has 1 heterocycles. The van der Waals surface area contributed by atoms with Crippen LogP contribution in [0.4, 0.5) is 0 Å². The van der Waals surface area contributed by atoms with Gasteiger partial charge in [-0.1, -0.05) is 13.8 Å². The Balaban J connectivity index is 2.17. The zero-order valence-corrected chi connectivity index (χ0v) is 10.2. The summed E-state index contributed by atoms with van der Waals surface area (Å²) in [6, 6.07) is 1.03. The zero-order chi connectivity index (χ0) is 11.1. The first-order chi connectivity index (χ1) is 7.27. The fourth-order valence-corrected chi connectivity index (χ4v) is 2.12. The van der Waals surface area contributed by atoms with Gasteiger partial charge in [-0.05, 0) is 32.2 Å². The van der Waals surface area contributed by atoms with Gasteiger partial charge in [-0.3, -0.25) is 4.90 Å². The van der Waals surface area contributed by atoms with E-state index in [9.17, 15) is 0 Å². The van der Waals surface area contributed by atoms with Gasteiger partial charge in [-0.25, -0.2) is 0 Å². The molecule has 2 N–H and O–H groups in total. The minimum absolute atomic E-state index is 0.395. The molecule has 2 unspecified atom stereocenters. The molecule has 0 bridgehead atoms. The molecule has 1 fully saturated rings. The van der Waals surface area contributed by atoms with E-state index in [0.717, 1.165) is 32.6 Å². The maximum absolute atomic E-state index is 5.91. The topological polar surface area (TPSA) is 38.5 Å². The second-order valence-electron chi connectivity index (χ2n) is 4.48. The first-order valence-corrected chi connectivity index (χ1v) is 6.35. The Morgan fingerprint density at radius 3 is 2.93 bits per heavy atom. The summed E-state index contributed by atoms with van der Waals surface area (Å²) < 4.78 is 5.49. The van der Waals surface area contributed by atoms with E-state index in [-0.39, 0.29) is 0 Å². The molecule has 1 rings (SSSR count). The van der Waals surface area contributed by atoms with Gasteiger partial charge < -0.3 is 10.5 Å². The maximum atomic E-state index is 5.91. The third-order valence-corrected chi connectivity index (χ3v) is 3.37. The molecule has 15 heavy (non-hydrogen) atoms. The van der Waals surface area contributed by atoms with Crippen LogP contribution in [0.3, 0.4) is 0 Å². The van der Waals surface area contributed by atoms with Gasteiger partial charge in [0.25, 0.3) is 0 Å². The van der Waals surface area contributed by atoms with Crippen molar-refractivity contribution < 1.29 is 4.74 Å². The van der Waals surface area contributed by atoms with Crippen LogP contribution in [0.5, 0.6) is 0 Å². The molecule has 0 aliphatic carbocycles. The lowest BCUT2D eigenvalue weighted by atomic mass is 10.1. The molecule has 90 valence electrons. The van der Waals surface area contributed by atoms with Gasteiger partial charge in [0.15, 0.2) is 0 Å². The summed E-state index contributed by atoms with van der Waals surface area (Å²) in [5.74, 6) is 0. The third-order valence-electron chi connectivity index (χ3n) is 3.37. The number of hydrogen-bond acceptors (Lipinski definition) is 3. The zero-order valence-electron chi connectivity index (χ0n) is 10.2. The second kappa shape index (κ2) is 7.20. The van der Waals surface area contributed by atoms with Crippen LogP contribution < -0.4 is 5.73 Å². The summed E-state index contributed by atoms with van der Waals surface area (Å²) in [5.41, 5.74) is 5.91. The lowest BCUT2D eigenvalue weighted by Gasteiger charge is -2.35. The highest BCUT2D eigenvalue weighted by atomic mass is 16.5. The van der Waals surface area contributed by atoms with E-state index < -0.39 is 0 Å². The smallest absolute Gasteiger partial charge is 0.0622 e. The third kappa shape index (κ3) is 4.49. The summed E-state index contributed by atoms with van der Waals surface area (Å²) in [6.07, 6.45) is 4.68. The van der Waals surface area contributed by atoms with Crippen LogP contribution in [0.25, 0.3) is 0 Å². The highest BCUT2D eigenvalue weighted by molar-refractivity contribution is 4.74. The lowest BCUT2D eigenvalue weighted by molar-refractivity contribution is -0.00929. The molecule has 1 aliphatic rings. The largest absolute Gasteiger partial charge is 0.378 e. The first kappa shape index (κ1) is 12.9. The van der Waals surface area contributed by atoms with Crippen molar-refractivity contribution in [3.63, 3.8) is 0 Å². The Morgan fingerprint density at radius 1 is 1.47 bits per heavy atom. The molecule has 0 saturated carbocycles. The maximum Gasteiger partial charge on any atom is 0.0622 e. The number of morpholine rings is 1. The van der Waals surface area contributed by atoms with Crippen molar-refractivity contribution in [2.75, 3.05) is 26.3 Å². The van der Waals surface area contributed by atoms with E-state index >= 15 is 0 Å². The summed E-state index contributed by atoms with van der Waals surface area (Å²) in [4.78, 5) is 2.56. The molecule has 3 nitrogen and oxygen atoms in total. The molecular formula is C12H26N2O. The molecule has 0 aromatic heterocycles. The first-order valence-electron chi connectivity index (χ1n) is 6.35. The van der Waals surface area contributed by atoms with Crippen LogP contribution in [0.2, 0.25) is 0 Å². The Labute approximate surface area is 94.0 Å². The van der Waals surface area contributed by atoms with Crippen molar-refractivity contribution in [1.82, 2.24) is 4.90 Å². The minimum Gasteiger partial charge on any atom is -0.378 e. The van der Waals surface area contributed by atoms with Crippen molar-refractivity contribution in [2.45, 2.75) is 51.6 Å². The number of rotatable bonds is 6. The van der Waals surface area contributed by atoms with Gasteiger partial charge >= 0.3 is 0 Å². The number of nitrogens with two attached hydrogens (primary N) is 1. The standard InChI is InChI=1S/C12H26N2O/c1-3-11(13)6-5-7-14-8-9-15-10-12(14)4-2/h11-12H,3-10,13H2,1-2H3. The Hall–Kier alpha value is -0.120. The molecule has 0 radical (unpaired) electrons. The second-order valence-corrected chi connectivity index (χ2v) is 4.48. The molecule has 0 amide bonds. The van der Waals surface area contributed by atoms with Gasteiger partial charge in [-0.2, -0.15) is 0 Å². The molecule has 1 saturated heterocycles. The van der Waals surface area contributed by atoms with E-state index in [1.54, 1.807) is 0 Å². The van der Waals surface area contributed by atoms with Crippen LogP contribution in [0.15, 0.2) is 0 Å². The molecular weight excluding hydrogens is 188 g/mol. The Morgan fingerprint density at radius 2 is 2.27 bits per heavy atom. The SMILES string of the molecule is CCC(N)CCCN1CCOCC1CC. The van der Waals surface area contributed by atoms with Gasteiger partial charge in [-0.15, -0.1) is 0 Å². The summed E-state index contributed by atoms with van der Waals surface area (Å²) in [6.45, 7) is 8.50. The number of hydrogen-bond donors (Lipinski definition) is 1. The quantitative estimate of drug-likeness (QED) is 0.730. The van der Waals surface area contributed by atoms with Gasteiger partial charge in [0.1, 0.15) is 0 Å². The van der Waals surface area contributed by atoms with E-state index in [4.69, 9.17) is 10.5 Å². The normalized spacial score (nSPS) is 25.4. The fraction of sp³-hybridized carbons (Fsp3) is 1.00. The molecule has 2 atom stereocenters. The van der Waals surface area contributed by atoms with Crippen LogP contribution in [-0.4, -0.2) is 43.3 Å². The van der Waals surface area contributed by atoms with Gasteiger partial charge in [0.05, 0.1) is 13.2 Å². The van der Waals surface area contributed by atoms with E-state index in [1.807, 2.05) is 0 Å². The van der Waals surface area contributed by atoms with Crippen LogP contribution >= 0.6 is 0 Å². The predicted octanol–water partition coefficient (Wildman–Crippen LogP) is 1.61. The van der Waals surface area contributed by atoms with E-state index in [0.29, 0.717) is 12.1 Å². The number of ether oxygens (including phenoxy) is 1. The van der Waals surface area contributed by atoms with Gasteiger partial charge in [0.2, 0.25) is 0 Å². The summed E-state index contributed by atoms with van der Waals surface area (Å²) in [5, 5.41) is 0. The average Bonchev–Trinajstić information content (AvgIpc) is 2.29. The van der Waals surface area contributed by atoms with E-state index in [1.165, 1.54) is 19.4 Å². The minimum atomic E-state index is 0.395. The van der Waals surface area contributed by atoms with Crippen LogP contribution in [0, 0.1) is 0 Å². The van der Waals surface area contributed by atoms with E-state index in [2.05, 4.69) is 18.7 Å². The average molecular weight is 214 g/mol. The molecule has 0 aromatic carbocycles. The van der Waals surface area contributed by atoms with Crippen molar-refractivity contribution in [2.24, 2.45) is 5.73 Å². The summed E-state index contributed by atoms with van der Waals surface area (Å²) in [7, 11) is 0. The monoisotopic (exact) mass is 214 g/mol. The highest BCUT2D eigenvalue weighted by Crippen LogP contribution is 2.11. The Kier molecular flexibility index (Phi) is 6.22. The lowest BCUT2D eigenvalue weighted by Crippen LogP contribution is -2.45. The van der Waals surface area contributed by atoms with Crippen LogP contribution in [0.1, 0.15) is 39.5 Å². The summed E-state index contributed by atoms with van der Waals surface area (Å²) >= 11 is 0. The molecule has 3 heteroatoms. The van der Waals surface area contributed by atoms with Crippen molar-refractivity contribution in [3.05, 3.63) is 0 Å². The number of nitrogens with zero attached hydrogens (tertiary/aromatic N) is 1. The molecule has 1 aliphatic heterocycles. The molecule has 0 aromatic rings. The Bertz CT molecular complexity index is 164. The predicted molar refractivity (Wildman–Crippen MR) is 64.0 cm³/mol. The molecule has 0 spiro atoms. The van der Waals surface area contributed by atoms with Crippen LogP contribution in [-0.2, 0) is 4.74 Å². The highest BCUT2D eigenvalue weighted by Gasteiger charge is 2.20. The van der Waals surface area contributed by atoms with Gasteiger partial charge in [0, 0.05) is 18.6 Å². The van der Waals surface area contributed by atoms with Crippen molar-refractivity contribution >= 4 is 0 Å². The fourth-order valence-electron chi connectivity index (χ4n) is 2.12. The van der Waals surface area contributed by atoms with Crippen molar-refractivity contribution in [3.8, 4) is 0 Å². The van der Waals surface area contributed by atoms with Crippen molar-refractivity contribution in [1.29, 1.82) is 0 Å².